The van der Waals surface area contributed by atoms with Gasteiger partial charge in [0.2, 0.25) is 0 Å². The Labute approximate surface area is 156 Å². The van der Waals surface area contributed by atoms with Gasteiger partial charge >= 0.3 is 0 Å². The molecule has 0 aromatic heterocycles. The number of anilines is 1. The third kappa shape index (κ3) is 4.93. The fourth-order valence-electron chi connectivity index (χ4n) is 2.29. The summed E-state index contributed by atoms with van der Waals surface area (Å²) in [4.78, 5) is 23.0. The number of halogens is 1. The molecule has 26 heavy (non-hydrogen) atoms. The van der Waals surface area contributed by atoms with Crippen LogP contribution in [0.5, 0.6) is 0 Å². The molecule has 8 heteroatoms. The predicted molar refractivity (Wildman–Crippen MR) is 101 cm³/mol. The first-order valence-electron chi connectivity index (χ1n) is 8.01. The van der Waals surface area contributed by atoms with Crippen LogP contribution in [0.25, 0.3) is 0 Å². The highest BCUT2D eigenvalue weighted by atomic mass is 35.5. The van der Waals surface area contributed by atoms with Crippen molar-refractivity contribution in [2.75, 3.05) is 11.9 Å². The molecule has 0 heterocycles. The van der Waals surface area contributed by atoms with Crippen molar-refractivity contribution in [2.24, 2.45) is 0 Å². The largest absolute Gasteiger partial charge is 0.394 e. The van der Waals surface area contributed by atoms with Gasteiger partial charge < -0.3 is 15.7 Å². The number of hydrogen-bond acceptors (Lipinski definition) is 5. The minimum absolute atomic E-state index is 0.137. The van der Waals surface area contributed by atoms with Gasteiger partial charge in [0.05, 0.1) is 17.1 Å². The molecule has 0 aliphatic rings. The zero-order chi connectivity index (χ0) is 19.3. The molecule has 2 aromatic rings. The van der Waals surface area contributed by atoms with Crippen molar-refractivity contribution >= 4 is 28.9 Å². The number of nitro benzene ring substituents is 1. The number of aliphatic hydroxyl groups is 1. The Balaban J connectivity index is 2.22. The van der Waals surface area contributed by atoms with Crippen LogP contribution in [0.4, 0.5) is 11.4 Å². The van der Waals surface area contributed by atoms with Crippen molar-refractivity contribution in [1.29, 1.82) is 0 Å². The molecule has 0 fully saturated rings. The Morgan fingerprint density at radius 1 is 1.31 bits per heavy atom. The number of nitro groups is 1. The first kappa shape index (κ1) is 19.7. The van der Waals surface area contributed by atoms with Crippen LogP contribution in [0, 0.1) is 17.0 Å². The molecule has 2 aromatic carbocycles. The van der Waals surface area contributed by atoms with Gasteiger partial charge in [0.25, 0.3) is 11.6 Å². The van der Waals surface area contributed by atoms with Crippen LogP contribution in [0.3, 0.4) is 0 Å². The summed E-state index contributed by atoms with van der Waals surface area (Å²) in [6.07, 6.45) is 0. The van der Waals surface area contributed by atoms with E-state index in [0.717, 1.165) is 11.1 Å². The molecule has 0 saturated carbocycles. The summed E-state index contributed by atoms with van der Waals surface area (Å²) in [5, 5.41) is 26.5. The molecule has 0 bridgehead atoms. The molecule has 0 aliphatic carbocycles. The lowest BCUT2D eigenvalue weighted by Gasteiger charge is -2.16. The van der Waals surface area contributed by atoms with Gasteiger partial charge in [-0.15, -0.1) is 0 Å². The van der Waals surface area contributed by atoms with E-state index in [-0.39, 0.29) is 30.4 Å². The van der Waals surface area contributed by atoms with E-state index in [2.05, 4.69) is 10.6 Å². The van der Waals surface area contributed by atoms with E-state index in [1.807, 2.05) is 19.1 Å². The van der Waals surface area contributed by atoms with Crippen LogP contribution < -0.4 is 10.6 Å². The zero-order valence-corrected chi connectivity index (χ0v) is 15.2. The van der Waals surface area contributed by atoms with Crippen molar-refractivity contribution in [1.82, 2.24) is 5.32 Å². The average Bonchev–Trinajstić information content (AvgIpc) is 2.62. The number of carbonyl (C=O) groups excluding carboxylic acids is 1. The third-order valence-electron chi connectivity index (χ3n) is 3.82. The van der Waals surface area contributed by atoms with E-state index in [1.54, 1.807) is 13.0 Å². The van der Waals surface area contributed by atoms with Gasteiger partial charge in [-0.05, 0) is 37.1 Å². The molecule has 3 N–H and O–H groups in total. The van der Waals surface area contributed by atoms with Crippen LogP contribution in [0.1, 0.15) is 28.4 Å². The Kier molecular flexibility index (Phi) is 6.54. The Morgan fingerprint density at radius 2 is 2.04 bits per heavy atom. The van der Waals surface area contributed by atoms with E-state index in [4.69, 9.17) is 11.6 Å². The molecule has 0 aliphatic heterocycles. The quantitative estimate of drug-likeness (QED) is 0.507. The maximum atomic E-state index is 12.6. The van der Waals surface area contributed by atoms with E-state index in [0.29, 0.717) is 10.7 Å². The second-order valence-corrected chi connectivity index (χ2v) is 6.39. The molecular formula is C18H20ClN3O4. The number of carbonyl (C=O) groups is 1. The number of amides is 1. The standard InChI is InChI=1S/C18H20ClN3O4/c1-11-3-4-13(7-16(11)19)9-20-18(24)15-8-14(22(25)26)5-6-17(15)21-12(2)10-23/h3-8,12,21,23H,9-10H2,1-2H3,(H,20,24)/t12-/m0/s1. The van der Waals surface area contributed by atoms with Gasteiger partial charge in [0.1, 0.15) is 0 Å². The number of nitrogens with one attached hydrogen (secondary N) is 2. The average molecular weight is 378 g/mol. The molecule has 1 amide bonds. The summed E-state index contributed by atoms with van der Waals surface area (Å²) >= 11 is 6.08. The van der Waals surface area contributed by atoms with Crippen molar-refractivity contribution in [3.63, 3.8) is 0 Å². The number of benzene rings is 2. The van der Waals surface area contributed by atoms with E-state index < -0.39 is 10.8 Å². The summed E-state index contributed by atoms with van der Waals surface area (Å²) in [6.45, 7) is 3.71. The van der Waals surface area contributed by atoms with Crippen LogP contribution in [0.2, 0.25) is 5.02 Å². The van der Waals surface area contributed by atoms with Crippen LogP contribution in [-0.2, 0) is 6.54 Å². The molecule has 0 unspecified atom stereocenters. The summed E-state index contributed by atoms with van der Waals surface area (Å²) in [5.41, 5.74) is 2.12. The maximum absolute atomic E-state index is 12.6. The number of aliphatic hydroxyl groups excluding tert-OH is 1. The number of nitrogens with zero attached hydrogens (tertiary/aromatic N) is 1. The normalized spacial score (nSPS) is 11.7. The molecule has 138 valence electrons. The van der Waals surface area contributed by atoms with Gasteiger partial charge in [0.15, 0.2) is 0 Å². The Hall–Kier alpha value is -2.64. The van der Waals surface area contributed by atoms with E-state index in [1.165, 1.54) is 18.2 Å². The van der Waals surface area contributed by atoms with Crippen molar-refractivity contribution in [3.05, 3.63) is 68.2 Å². The van der Waals surface area contributed by atoms with Crippen LogP contribution >= 0.6 is 11.6 Å². The van der Waals surface area contributed by atoms with Crippen LogP contribution in [0.15, 0.2) is 36.4 Å². The van der Waals surface area contributed by atoms with Crippen molar-refractivity contribution in [3.8, 4) is 0 Å². The SMILES string of the molecule is Cc1ccc(CNC(=O)c2cc([N+](=O)[O-])ccc2N[C@@H](C)CO)cc1Cl. The molecule has 0 saturated heterocycles. The smallest absolute Gasteiger partial charge is 0.270 e. The molecule has 2 rings (SSSR count). The van der Waals surface area contributed by atoms with Crippen LogP contribution in [-0.4, -0.2) is 28.6 Å². The fourth-order valence-corrected chi connectivity index (χ4v) is 2.50. The fraction of sp³-hybridized carbons (Fsp3) is 0.278. The van der Waals surface area contributed by atoms with Gasteiger partial charge in [0, 0.05) is 35.4 Å². The molecular weight excluding hydrogens is 358 g/mol. The monoisotopic (exact) mass is 377 g/mol. The molecule has 1 atom stereocenters. The van der Waals surface area contributed by atoms with Gasteiger partial charge in [-0.25, -0.2) is 0 Å². The Morgan fingerprint density at radius 3 is 2.65 bits per heavy atom. The van der Waals surface area contributed by atoms with Gasteiger partial charge in [-0.2, -0.15) is 0 Å². The van der Waals surface area contributed by atoms with Crippen molar-refractivity contribution in [2.45, 2.75) is 26.4 Å². The molecule has 0 radical (unpaired) electrons. The second kappa shape index (κ2) is 8.64. The topological polar surface area (TPSA) is 104 Å². The van der Waals surface area contributed by atoms with E-state index in [9.17, 15) is 20.0 Å². The summed E-state index contributed by atoms with van der Waals surface area (Å²) in [5.74, 6) is -0.460. The second-order valence-electron chi connectivity index (χ2n) is 5.98. The number of aryl methyl sites for hydroxylation is 1. The lowest BCUT2D eigenvalue weighted by molar-refractivity contribution is -0.384. The molecule has 0 spiro atoms. The first-order chi connectivity index (χ1) is 12.3. The highest BCUT2D eigenvalue weighted by Gasteiger charge is 2.18. The number of rotatable bonds is 7. The number of hydrogen-bond donors (Lipinski definition) is 3. The lowest BCUT2D eigenvalue weighted by atomic mass is 10.1. The maximum Gasteiger partial charge on any atom is 0.270 e. The van der Waals surface area contributed by atoms with Crippen molar-refractivity contribution < 1.29 is 14.8 Å². The lowest BCUT2D eigenvalue weighted by Crippen LogP contribution is -2.26. The zero-order valence-electron chi connectivity index (χ0n) is 14.5. The predicted octanol–water partition coefficient (Wildman–Crippen LogP) is 3.28. The Bertz CT molecular complexity index is 826. The van der Waals surface area contributed by atoms with Gasteiger partial charge in [-0.3, -0.25) is 14.9 Å². The van der Waals surface area contributed by atoms with Gasteiger partial charge in [-0.1, -0.05) is 23.7 Å². The van der Waals surface area contributed by atoms with E-state index >= 15 is 0 Å². The number of non-ortho nitro benzene ring substituents is 1. The molecule has 7 nitrogen and oxygen atoms in total. The highest BCUT2D eigenvalue weighted by molar-refractivity contribution is 6.31. The summed E-state index contributed by atoms with van der Waals surface area (Å²) in [6, 6.07) is 9.14. The first-order valence-corrected chi connectivity index (χ1v) is 8.38. The summed E-state index contributed by atoms with van der Waals surface area (Å²) < 4.78 is 0. The third-order valence-corrected chi connectivity index (χ3v) is 4.23. The minimum Gasteiger partial charge on any atom is -0.394 e. The summed E-state index contributed by atoms with van der Waals surface area (Å²) in [7, 11) is 0. The highest BCUT2D eigenvalue weighted by Crippen LogP contribution is 2.23. The minimum atomic E-state index is -0.560.